The fourth-order valence-electron chi connectivity index (χ4n) is 4.30. The number of fused-ring (bicyclic) bond motifs is 3. The number of ether oxygens (including phenoxy) is 2. The summed E-state index contributed by atoms with van der Waals surface area (Å²) >= 11 is 0. The minimum absolute atomic E-state index is 0.0891. The quantitative estimate of drug-likeness (QED) is 0.410. The summed E-state index contributed by atoms with van der Waals surface area (Å²) in [5.74, 6) is -1.75. The number of carbonyl (C=O) groups is 3. The van der Waals surface area contributed by atoms with Crippen LogP contribution < -0.4 is 10.6 Å². The molecule has 3 rings (SSSR count). The average molecular weight is 469 g/mol. The number of alkyl carbamates (subject to hydrolysis) is 1. The van der Waals surface area contributed by atoms with E-state index in [4.69, 9.17) is 9.47 Å². The molecule has 0 fully saturated rings. The molecule has 2 atom stereocenters. The van der Waals surface area contributed by atoms with Gasteiger partial charge in [-0.3, -0.25) is 4.79 Å². The van der Waals surface area contributed by atoms with Crippen LogP contribution in [-0.2, 0) is 19.1 Å². The van der Waals surface area contributed by atoms with Crippen molar-refractivity contribution in [3.8, 4) is 11.1 Å². The zero-order valence-corrected chi connectivity index (χ0v) is 19.6. The molecule has 2 unspecified atom stereocenters. The molecule has 34 heavy (non-hydrogen) atoms. The number of hydrogen-bond donors (Lipinski definition) is 3. The maximum absolute atomic E-state index is 12.7. The number of nitrogens with one attached hydrogen (secondary N) is 2. The molecule has 0 saturated heterocycles. The number of carboxylic acid groups (broad SMARTS) is 1. The van der Waals surface area contributed by atoms with Crippen LogP contribution in [0.25, 0.3) is 11.1 Å². The van der Waals surface area contributed by atoms with Crippen molar-refractivity contribution in [3.05, 3.63) is 59.7 Å². The van der Waals surface area contributed by atoms with E-state index in [0.717, 1.165) is 22.3 Å². The maximum Gasteiger partial charge on any atom is 0.407 e. The summed E-state index contributed by atoms with van der Waals surface area (Å²) < 4.78 is 10.5. The molecule has 0 aromatic heterocycles. The predicted molar refractivity (Wildman–Crippen MR) is 128 cm³/mol. The van der Waals surface area contributed by atoms with E-state index in [0.29, 0.717) is 25.9 Å². The van der Waals surface area contributed by atoms with Gasteiger partial charge in [0.1, 0.15) is 18.7 Å². The summed E-state index contributed by atoms with van der Waals surface area (Å²) in [4.78, 5) is 36.8. The number of aliphatic carboxylic acids is 1. The van der Waals surface area contributed by atoms with Crippen LogP contribution in [0.2, 0.25) is 0 Å². The van der Waals surface area contributed by atoms with Gasteiger partial charge in [-0.25, -0.2) is 9.59 Å². The number of carboxylic acids is 1. The Kier molecular flexibility index (Phi) is 9.04. The number of amides is 2. The molecule has 2 aromatic rings. The molecule has 0 bridgehead atoms. The minimum atomic E-state index is -1.12. The Hall–Kier alpha value is -3.39. The van der Waals surface area contributed by atoms with E-state index >= 15 is 0 Å². The van der Waals surface area contributed by atoms with Gasteiger partial charge < -0.3 is 25.2 Å². The minimum Gasteiger partial charge on any atom is -0.480 e. The van der Waals surface area contributed by atoms with Crippen LogP contribution in [0.4, 0.5) is 4.79 Å². The molecule has 8 nitrogen and oxygen atoms in total. The third-order valence-electron chi connectivity index (χ3n) is 5.99. The van der Waals surface area contributed by atoms with E-state index in [9.17, 15) is 19.5 Å². The molecule has 1 aliphatic rings. The van der Waals surface area contributed by atoms with E-state index in [2.05, 4.69) is 22.8 Å². The Morgan fingerprint density at radius 1 is 0.941 bits per heavy atom. The summed E-state index contributed by atoms with van der Waals surface area (Å²) in [7, 11) is 1.53. The van der Waals surface area contributed by atoms with Crippen molar-refractivity contribution in [3.63, 3.8) is 0 Å². The van der Waals surface area contributed by atoms with Crippen LogP contribution in [0.15, 0.2) is 48.5 Å². The molecule has 2 amide bonds. The standard InChI is InChI=1S/C26H32N2O6/c1-3-9-22(24(29)27-23(25(30)31)14-8-15-33-2)28-26(32)34-16-21-19-12-6-4-10-17(19)18-11-5-7-13-20(18)21/h4-7,10-13,21-23H,3,8-9,14-16H2,1-2H3,(H,27,29)(H,28,32)(H,30,31). The van der Waals surface area contributed by atoms with Gasteiger partial charge >= 0.3 is 12.1 Å². The van der Waals surface area contributed by atoms with Crippen LogP contribution in [0.1, 0.15) is 49.7 Å². The van der Waals surface area contributed by atoms with Gasteiger partial charge in [0.25, 0.3) is 0 Å². The number of methoxy groups -OCH3 is 1. The van der Waals surface area contributed by atoms with Crippen molar-refractivity contribution in [2.24, 2.45) is 0 Å². The molecular formula is C26H32N2O6. The lowest BCUT2D eigenvalue weighted by Crippen LogP contribution is -2.51. The van der Waals surface area contributed by atoms with Gasteiger partial charge in [-0.2, -0.15) is 0 Å². The molecule has 3 N–H and O–H groups in total. The zero-order valence-electron chi connectivity index (χ0n) is 19.6. The molecule has 0 heterocycles. The summed E-state index contributed by atoms with van der Waals surface area (Å²) in [5.41, 5.74) is 4.45. The van der Waals surface area contributed by atoms with Gasteiger partial charge in [-0.1, -0.05) is 61.9 Å². The molecule has 0 spiro atoms. The van der Waals surface area contributed by atoms with E-state index in [-0.39, 0.29) is 18.9 Å². The third-order valence-corrected chi connectivity index (χ3v) is 5.99. The van der Waals surface area contributed by atoms with Gasteiger partial charge in [0, 0.05) is 19.6 Å². The SMILES string of the molecule is CCCC(NC(=O)OCC1c2ccccc2-c2ccccc21)C(=O)NC(CCCOC)C(=O)O. The first kappa shape index (κ1) is 25.2. The van der Waals surface area contributed by atoms with E-state index in [1.54, 1.807) is 0 Å². The number of carbonyl (C=O) groups excluding carboxylic acids is 2. The van der Waals surface area contributed by atoms with Crippen molar-refractivity contribution < 1.29 is 29.0 Å². The third kappa shape index (κ3) is 6.14. The monoisotopic (exact) mass is 468 g/mol. The van der Waals surface area contributed by atoms with E-state index in [1.165, 1.54) is 7.11 Å². The van der Waals surface area contributed by atoms with Gasteiger partial charge in [0.2, 0.25) is 5.91 Å². The topological polar surface area (TPSA) is 114 Å². The second-order valence-electron chi connectivity index (χ2n) is 8.35. The van der Waals surface area contributed by atoms with Gasteiger partial charge in [-0.15, -0.1) is 0 Å². The highest BCUT2D eigenvalue weighted by Crippen LogP contribution is 2.44. The maximum atomic E-state index is 12.7. The Bertz CT molecular complexity index is 963. The predicted octanol–water partition coefficient (Wildman–Crippen LogP) is 3.69. The molecule has 1 aliphatic carbocycles. The van der Waals surface area contributed by atoms with Crippen molar-refractivity contribution in [2.75, 3.05) is 20.3 Å². The van der Waals surface area contributed by atoms with Crippen LogP contribution in [0.5, 0.6) is 0 Å². The summed E-state index contributed by atoms with van der Waals surface area (Å²) in [6.45, 7) is 2.41. The highest BCUT2D eigenvalue weighted by atomic mass is 16.5. The van der Waals surface area contributed by atoms with Crippen LogP contribution >= 0.6 is 0 Å². The zero-order chi connectivity index (χ0) is 24.5. The first-order chi connectivity index (χ1) is 16.5. The van der Waals surface area contributed by atoms with Gasteiger partial charge in [0.05, 0.1) is 0 Å². The van der Waals surface area contributed by atoms with E-state index < -0.39 is 30.1 Å². The van der Waals surface area contributed by atoms with Crippen molar-refractivity contribution in [1.29, 1.82) is 0 Å². The van der Waals surface area contributed by atoms with Crippen LogP contribution in [-0.4, -0.2) is 55.5 Å². The highest BCUT2D eigenvalue weighted by Gasteiger charge is 2.30. The molecule has 182 valence electrons. The first-order valence-electron chi connectivity index (χ1n) is 11.6. The molecule has 0 radical (unpaired) electrons. The summed E-state index contributed by atoms with van der Waals surface area (Å²) in [6.07, 6.45) is 1.01. The van der Waals surface area contributed by atoms with Crippen molar-refractivity contribution in [1.82, 2.24) is 10.6 Å². The Morgan fingerprint density at radius 3 is 2.12 bits per heavy atom. The second kappa shape index (κ2) is 12.2. The molecule has 0 aliphatic heterocycles. The Morgan fingerprint density at radius 2 is 1.56 bits per heavy atom. The first-order valence-corrected chi connectivity index (χ1v) is 11.6. The van der Waals surface area contributed by atoms with Gasteiger partial charge in [0.15, 0.2) is 0 Å². The fraction of sp³-hybridized carbons (Fsp3) is 0.423. The van der Waals surface area contributed by atoms with Crippen molar-refractivity contribution >= 4 is 18.0 Å². The normalized spacial score (nSPS) is 13.9. The lowest BCUT2D eigenvalue weighted by molar-refractivity contribution is -0.142. The molecule has 2 aromatic carbocycles. The lowest BCUT2D eigenvalue weighted by Gasteiger charge is -2.21. The molecule has 0 saturated carbocycles. The number of benzene rings is 2. The second-order valence-corrected chi connectivity index (χ2v) is 8.35. The Labute approximate surface area is 199 Å². The Balaban J connectivity index is 1.61. The van der Waals surface area contributed by atoms with E-state index in [1.807, 2.05) is 43.3 Å². The smallest absolute Gasteiger partial charge is 0.407 e. The highest BCUT2D eigenvalue weighted by molar-refractivity contribution is 5.89. The number of hydrogen-bond acceptors (Lipinski definition) is 5. The fourth-order valence-corrected chi connectivity index (χ4v) is 4.30. The summed E-state index contributed by atoms with van der Waals surface area (Å²) in [5, 5.41) is 14.5. The average Bonchev–Trinajstić information content (AvgIpc) is 3.15. The van der Waals surface area contributed by atoms with Crippen LogP contribution in [0.3, 0.4) is 0 Å². The summed E-state index contributed by atoms with van der Waals surface area (Å²) in [6, 6.07) is 14.1. The van der Waals surface area contributed by atoms with Gasteiger partial charge in [-0.05, 0) is 41.5 Å². The van der Waals surface area contributed by atoms with Crippen LogP contribution in [0, 0.1) is 0 Å². The molecular weight excluding hydrogens is 436 g/mol. The lowest BCUT2D eigenvalue weighted by atomic mass is 9.98. The largest absolute Gasteiger partial charge is 0.480 e. The molecule has 8 heteroatoms. The number of rotatable bonds is 12. The van der Waals surface area contributed by atoms with Crippen molar-refractivity contribution in [2.45, 2.75) is 50.6 Å².